The van der Waals surface area contributed by atoms with Crippen molar-refractivity contribution in [3.8, 4) is 6.07 Å². The number of pyridine rings is 1. The molecule has 0 aliphatic carbocycles. The van der Waals surface area contributed by atoms with Crippen molar-refractivity contribution in [1.82, 2.24) is 4.98 Å². The summed E-state index contributed by atoms with van der Waals surface area (Å²) in [6, 6.07) is 2.19. The van der Waals surface area contributed by atoms with E-state index in [9.17, 15) is 17.2 Å². The number of nitriles is 1. The maximum absolute atomic E-state index is 12.4. The summed E-state index contributed by atoms with van der Waals surface area (Å²) in [5.74, 6) is 0. The molecule has 2 N–H and O–H groups in total. The highest BCUT2D eigenvalue weighted by Crippen LogP contribution is 2.27. The first-order chi connectivity index (χ1) is 7.27. The summed E-state index contributed by atoms with van der Waals surface area (Å²) >= 11 is 5.39. The van der Waals surface area contributed by atoms with Gasteiger partial charge in [-0.2, -0.15) is 5.26 Å². The molecule has 86 valence electrons. The average Bonchev–Trinajstić information content (AvgIpc) is 2.15. The van der Waals surface area contributed by atoms with E-state index in [1.807, 2.05) is 0 Å². The van der Waals surface area contributed by atoms with E-state index in [0.29, 0.717) is 6.07 Å². The van der Waals surface area contributed by atoms with Crippen molar-refractivity contribution >= 4 is 21.6 Å². The van der Waals surface area contributed by atoms with Gasteiger partial charge in [0.15, 0.2) is 0 Å². The highest BCUT2D eigenvalue weighted by Gasteiger charge is 2.24. The number of hydrogen-bond acceptors (Lipinski definition) is 4. The summed E-state index contributed by atoms with van der Waals surface area (Å²) < 4.78 is 46.9. The molecule has 0 aromatic carbocycles. The highest BCUT2D eigenvalue weighted by molar-refractivity contribution is 7.89. The van der Waals surface area contributed by atoms with Gasteiger partial charge in [-0.05, 0) is 6.07 Å². The van der Waals surface area contributed by atoms with E-state index in [-0.39, 0.29) is 5.56 Å². The Morgan fingerprint density at radius 1 is 1.56 bits per heavy atom. The number of primary sulfonamides is 1. The minimum absolute atomic E-state index is 0.338. The van der Waals surface area contributed by atoms with Gasteiger partial charge in [-0.15, -0.1) is 0 Å². The molecule has 0 radical (unpaired) electrons. The third kappa shape index (κ3) is 2.44. The predicted octanol–water partition coefficient (Wildman–Crippen LogP) is 1.19. The standard InChI is InChI=1S/C7H4ClF2N3O2S/c8-6-3(2-11)1-4(16(12,14)15)5(13-6)7(9)10/h1,7H,(H2,12,14,15). The van der Waals surface area contributed by atoms with Crippen molar-refractivity contribution in [2.24, 2.45) is 5.14 Å². The Kier molecular flexibility index (Phi) is 3.42. The predicted molar refractivity (Wildman–Crippen MR) is 50.3 cm³/mol. The number of nitrogens with two attached hydrogens (primary N) is 1. The molecule has 0 spiro atoms. The SMILES string of the molecule is N#Cc1cc(S(N)(=O)=O)c(C(F)F)nc1Cl. The molecule has 1 aromatic heterocycles. The van der Waals surface area contributed by atoms with Crippen molar-refractivity contribution in [1.29, 1.82) is 5.26 Å². The Bertz CT molecular complexity index is 568. The molecule has 16 heavy (non-hydrogen) atoms. The zero-order valence-corrected chi connectivity index (χ0v) is 9.06. The molecule has 0 aliphatic heterocycles. The van der Waals surface area contributed by atoms with Crippen LogP contribution in [0.25, 0.3) is 0 Å². The maximum atomic E-state index is 12.4. The van der Waals surface area contributed by atoms with Crippen LogP contribution in [0.5, 0.6) is 0 Å². The maximum Gasteiger partial charge on any atom is 0.281 e. The molecule has 0 unspecified atom stereocenters. The minimum Gasteiger partial charge on any atom is -0.232 e. The van der Waals surface area contributed by atoms with Crippen LogP contribution >= 0.6 is 11.6 Å². The lowest BCUT2D eigenvalue weighted by atomic mass is 10.2. The summed E-state index contributed by atoms with van der Waals surface area (Å²) in [6.45, 7) is 0. The zero-order valence-electron chi connectivity index (χ0n) is 7.49. The van der Waals surface area contributed by atoms with E-state index in [4.69, 9.17) is 22.0 Å². The van der Waals surface area contributed by atoms with Crippen LogP contribution in [0.2, 0.25) is 5.15 Å². The van der Waals surface area contributed by atoms with E-state index in [1.54, 1.807) is 0 Å². The first-order valence-electron chi connectivity index (χ1n) is 3.69. The minimum atomic E-state index is -4.38. The van der Waals surface area contributed by atoms with Crippen molar-refractivity contribution in [3.05, 3.63) is 22.5 Å². The molecule has 0 saturated carbocycles. The van der Waals surface area contributed by atoms with Gasteiger partial charge in [0.05, 0.1) is 5.56 Å². The van der Waals surface area contributed by atoms with Crippen molar-refractivity contribution < 1.29 is 17.2 Å². The monoisotopic (exact) mass is 267 g/mol. The van der Waals surface area contributed by atoms with E-state index < -0.39 is 32.2 Å². The van der Waals surface area contributed by atoms with Gasteiger partial charge >= 0.3 is 0 Å². The van der Waals surface area contributed by atoms with Crippen LogP contribution < -0.4 is 5.14 Å². The van der Waals surface area contributed by atoms with E-state index in [0.717, 1.165) is 0 Å². The summed E-state index contributed by atoms with van der Waals surface area (Å²) in [5, 5.41) is 12.8. The number of sulfonamides is 1. The lowest BCUT2D eigenvalue weighted by Crippen LogP contribution is -2.16. The van der Waals surface area contributed by atoms with E-state index in [2.05, 4.69) is 4.98 Å². The Balaban J connectivity index is 3.64. The van der Waals surface area contributed by atoms with Gasteiger partial charge in [-0.1, -0.05) is 11.6 Å². The lowest BCUT2D eigenvalue weighted by molar-refractivity contribution is 0.142. The third-order valence-corrected chi connectivity index (χ3v) is 2.83. The van der Waals surface area contributed by atoms with Crippen molar-refractivity contribution in [3.63, 3.8) is 0 Å². The van der Waals surface area contributed by atoms with Gasteiger partial charge in [0.25, 0.3) is 6.43 Å². The molecule has 5 nitrogen and oxygen atoms in total. The average molecular weight is 268 g/mol. The fourth-order valence-corrected chi connectivity index (χ4v) is 1.84. The quantitative estimate of drug-likeness (QED) is 0.814. The summed E-state index contributed by atoms with van der Waals surface area (Å²) in [7, 11) is -4.38. The Hall–Kier alpha value is -1.30. The first-order valence-corrected chi connectivity index (χ1v) is 5.61. The number of aromatic nitrogens is 1. The summed E-state index contributed by atoms with van der Waals surface area (Å²) in [4.78, 5) is 2.24. The first kappa shape index (κ1) is 12.8. The highest BCUT2D eigenvalue weighted by atomic mass is 35.5. The van der Waals surface area contributed by atoms with Crippen LogP contribution in [0, 0.1) is 11.3 Å². The van der Waals surface area contributed by atoms with Crippen LogP contribution in [0.15, 0.2) is 11.0 Å². The molecule has 0 fully saturated rings. The Morgan fingerprint density at radius 2 is 2.12 bits per heavy atom. The second-order valence-corrected chi connectivity index (χ2v) is 4.56. The molecule has 9 heteroatoms. The summed E-state index contributed by atoms with van der Waals surface area (Å²) in [6.07, 6.45) is -3.15. The molecule has 1 aromatic rings. The van der Waals surface area contributed by atoms with Gasteiger partial charge in [0.2, 0.25) is 10.0 Å². The van der Waals surface area contributed by atoms with Crippen molar-refractivity contribution in [2.45, 2.75) is 11.3 Å². The number of nitrogens with zero attached hydrogens (tertiary/aromatic N) is 2. The molecular weight excluding hydrogens is 264 g/mol. The molecule has 0 amide bonds. The third-order valence-electron chi connectivity index (χ3n) is 1.60. The Labute approximate surface area is 94.5 Å². The molecule has 0 aliphatic rings. The zero-order chi connectivity index (χ0) is 12.5. The lowest BCUT2D eigenvalue weighted by Gasteiger charge is -2.07. The van der Waals surface area contributed by atoms with Crippen LogP contribution in [-0.4, -0.2) is 13.4 Å². The van der Waals surface area contributed by atoms with Gasteiger partial charge < -0.3 is 0 Å². The molecular formula is C7H4ClF2N3O2S. The molecule has 0 atom stereocenters. The van der Waals surface area contributed by atoms with E-state index in [1.165, 1.54) is 6.07 Å². The number of hydrogen-bond donors (Lipinski definition) is 1. The fourth-order valence-electron chi connectivity index (χ4n) is 0.948. The van der Waals surface area contributed by atoms with Crippen LogP contribution in [0.4, 0.5) is 8.78 Å². The molecule has 1 rings (SSSR count). The second-order valence-electron chi connectivity index (χ2n) is 2.67. The van der Waals surface area contributed by atoms with Crippen LogP contribution in [-0.2, 0) is 10.0 Å². The van der Waals surface area contributed by atoms with E-state index >= 15 is 0 Å². The normalized spacial score (nSPS) is 11.5. The molecule has 0 saturated heterocycles. The van der Waals surface area contributed by atoms with Crippen LogP contribution in [0.3, 0.4) is 0 Å². The topological polar surface area (TPSA) is 96.8 Å². The smallest absolute Gasteiger partial charge is 0.232 e. The van der Waals surface area contributed by atoms with Crippen molar-refractivity contribution in [2.75, 3.05) is 0 Å². The largest absolute Gasteiger partial charge is 0.281 e. The molecule has 1 heterocycles. The Morgan fingerprint density at radius 3 is 2.50 bits per heavy atom. The van der Waals surface area contributed by atoms with Gasteiger partial charge in [0, 0.05) is 0 Å². The fraction of sp³-hybridized carbons (Fsp3) is 0.143. The summed E-state index contributed by atoms with van der Waals surface area (Å²) in [5.41, 5.74) is -1.40. The van der Waals surface area contributed by atoms with Gasteiger partial charge in [0.1, 0.15) is 21.8 Å². The van der Waals surface area contributed by atoms with Crippen LogP contribution in [0.1, 0.15) is 17.7 Å². The second kappa shape index (κ2) is 4.29. The number of rotatable bonds is 2. The number of halogens is 3. The van der Waals surface area contributed by atoms with Gasteiger partial charge in [-0.3, -0.25) is 0 Å². The number of alkyl halides is 2. The molecule has 0 bridgehead atoms. The van der Waals surface area contributed by atoms with Gasteiger partial charge in [-0.25, -0.2) is 27.3 Å².